The van der Waals surface area contributed by atoms with Crippen molar-refractivity contribution in [3.8, 4) is 17.2 Å². The Kier molecular flexibility index (Phi) is 4.82. The first-order valence-corrected chi connectivity index (χ1v) is 6.61. The molecule has 0 radical (unpaired) electrons. The molecule has 0 saturated heterocycles. The maximum atomic E-state index is 5.40. The fourth-order valence-electron chi connectivity index (χ4n) is 1.99. The van der Waals surface area contributed by atoms with Gasteiger partial charge < -0.3 is 14.2 Å². The third kappa shape index (κ3) is 3.54. The predicted octanol–water partition coefficient (Wildman–Crippen LogP) is 2.71. The molecule has 0 aliphatic carbocycles. The number of hydrogen-bond donors (Lipinski definition) is 0. The first kappa shape index (κ1) is 14.9. The van der Waals surface area contributed by atoms with Gasteiger partial charge in [0, 0.05) is 23.8 Å². The van der Waals surface area contributed by atoms with E-state index in [9.17, 15) is 0 Å². The van der Waals surface area contributed by atoms with Crippen molar-refractivity contribution in [2.75, 3.05) is 21.3 Å². The number of nitrogens with zero attached hydrogens (tertiary/aromatic N) is 1. The summed E-state index contributed by atoms with van der Waals surface area (Å²) in [6, 6.07) is 7.81. The highest BCUT2D eigenvalue weighted by Gasteiger charge is 2.09. The fraction of sp³-hybridized carbons (Fsp3) is 0.235. The summed E-state index contributed by atoms with van der Waals surface area (Å²) in [6.07, 6.45) is 8.04. The number of aryl methyl sites for hydroxylation is 1. The molecular formula is C17H20NO3+. The standard InChI is InChI=1S/C17H20NO3/c1-18-9-7-13(8-10-18)5-6-14-11-16(20-3)17(21-4)12-15(14)19-2/h5-12H,1-4H3/q+1. The van der Waals surface area contributed by atoms with Gasteiger partial charge in [-0.1, -0.05) is 12.2 Å². The molecule has 0 amide bonds. The Morgan fingerprint density at radius 3 is 1.95 bits per heavy atom. The van der Waals surface area contributed by atoms with E-state index < -0.39 is 0 Å². The molecule has 1 heterocycles. The highest BCUT2D eigenvalue weighted by Crippen LogP contribution is 2.35. The molecule has 0 bridgehead atoms. The van der Waals surface area contributed by atoms with Gasteiger partial charge in [0.05, 0.1) is 21.3 Å². The van der Waals surface area contributed by atoms with E-state index in [1.165, 1.54) is 0 Å². The average Bonchev–Trinajstić information content (AvgIpc) is 2.53. The maximum absolute atomic E-state index is 5.40. The number of aromatic nitrogens is 1. The van der Waals surface area contributed by atoms with Crippen molar-refractivity contribution in [3.63, 3.8) is 0 Å². The smallest absolute Gasteiger partial charge is 0.169 e. The number of benzene rings is 1. The monoisotopic (exact) mass is 286 g/mol. The number of rotatable bonds is 5. The summed E-state index contributed by atoms with van der Waals surface area (Å²) in [6.45, 7) is 0. The Morgan fingerprint density at radius 1 is 0.810 bits per heavy atom. The third-order valence-corrected chi connectivity index (χ3v) is 3.20. The molecule has 0 unspecified atom stereocenters. The molecule has 0 saturated carbocycles. The Bertz CT molecular complexity index is 633. The Balaban J connectivity index is 2.36. The van der Waals surface area contributed by atoms with Gasteiger partial charge in [-0.3, -0.25) is 0 Å². The molecule has 0 spiro atoms. The SMILES string of the molecule is COc1cc(OC)c(OC)cc1C=Cc1cc[n+](C)cc1. The minimum absolute atomic E-state index is 0.651. The summed E-state index contributed by atoms with van der Waals surface area (Å²) in [4.78, 5) is 0. The minimum atomic E-state index is 0.651. The molecule has 0 atom stereocenters. The van der Waals surface area contributed by atoms with Gasteiger partial charge in [0.15, 0.2) is 23.9 Å². The summed E-state index contributed by atoms with van der Waals surface area (Å²) in [5, 5.41) is 0. The molecule has 4 nitrogen and oxygen atoms in total. The van der Waals surface area contributed by atoms with Gasteiger partial charge in [-0.25, -0.2) is 4.57 Å². The largest absolute Gasteiger partial charge is 0.496 e. The van der Waals surface area contributed by atoms with E-state index in [0.29, 0.717) is 11.5 Å². The van der Waals surface area contributed by atoms with Crippen LogP contribution in [0.4, 0.5) is 0 Å². The van der Waals surface area contributed by atoms with Crippen LogP contribution in [0.2, 0.25) is 0 Å². The zero-order chi connectivity index (χ0) is 15.2. The van der Waals surface area contributed by atoms with Crippen molar-refractivity contribution in [2.45, 2.75) is 0 Å². The molecule has 1 aromatic heterocycles. The quantitative estimate of drug-likeness (QED) is 0.792. The van der Waals surface area contributed by atoms with E-state index >= 15 is 0 Å². The van der Waals surface area contributed by atoms with E-state index in [1.54, 1.807) is 21.3 Å². The van der Waals surface area contributed by atoms with Crippen molar-refractivity contribution in [1.29, 1.82) is 0 Å². The molecule has 21 heavy (non-hydrogen) atoms. The van der Waals surface area contributed by atoms with E-state index in [4.69, 9.17) is 14.2 Å². The second kappa shape index (κ2) is 6.79. The molecule has 0 N–H and O–H groups in total. The van der Waals surface area contributed by atoms with Crippen LogP contribution in [0.1, 0.15) is 11.1 Å². The lowest BCUT2D eigenvalue weighted by molar-refractivity contribution is -0.671. The van der Waals surface area contributed by atoms with Crippen molar-refractivity contribution in [2.24, 2.45) is 7.05 Å². The van der Waals surface area contributed by atoms with Gasteiger partial charge in [-0.2, -0.15) is 0 Å². The summed E-state index contributed by atoms with van der Waals surface area (Å²) in [5.74, 6) is 2.07. The summed E-state index contributed by atoms with van der Waals surface area (Å²) in [7, 11) is 6.86. The van der Waals surface area contributed by atoms with Crippen LogP contribution in [0.3, 0.4) is 0 Å². The number of ether oxygens (including phenoxy) is 3. The zero-order valence-corrected chi connectivity index (χ0v) is 12.8. The van der Waals surface area contributed by atoms with E-state index in [-0.39, 0.29) is 0 Å². The summed E-state index contributed by atoms with van der Waals surface area (Å²) >= 11 is 0. The van der Waals surface area contributed by atoms with Gasteiger partial charge >= 0.3 is 0 Å². The molecule has 2 aromatic rings. The zero-order valence-electron chi connectivity index (χ0n) is 12.8. The maximum Gasteiger partial charge on any atom is 0.169 e. The number of pyridine rings is 1. The lowest BCUT2D eigenvalue weighted by Crippen LogP contribution is -2.25. The van der Waals surface area contributed by atoms with Crippen LogP contribution < -0.4 is 18.8 Å². The third-order valence-electron chi connectivity index (χ3n) is 3.20. The first-order chi connectivity index (χ1) is 10.2. The minimum Gasteiger partial charge on any atom is -0.496 e. The highest BCUT2D eigenvalue weighted by atomic mass is 16.5. The number of hydrogen-bond acceptors (Lipinski definition) is 3. The molecular weight excluding hydrogens is 266 g/mol. The Hall–Kier alpha value is -2.49. The average molecular weight is 286 g/mol. The van der Waals surface area contributed by atoms with Gasteiger partial charge in [0.25, 0.3) is 0 Å². The van der Waals surface area contributed by atoms with E-state index in [1.807, 2.05) is 60.4 Å². The molecule has 0 aliphatic rings. The van der Waals surface area contributed by atoms with Crippen molar-refractivity contribution < 1.29 is 18.8 Å². The molecule has 4 heteroatoms. The number of methoxy groups -OCH3 is 3. The predicted molar refractivity (Wildman–Crippen MR) is 82.6 cm³/mol. The van der Waals surface area contributed by atoms with E-state index in [0.717, 1.165) is 16.9 Å². The topological polar surface area (TPSA) is 31.6 Å². The van der Waals surface area contributed by atoms with Crippen LogP contribution in [0.5, 0.6) is 17.2 Å². The van der Waals surface area contributed by atoms with Crippen molar-refractivity contribution in [1.82, 2.24) is 0 Å². The lowest BCUT2D eigenvalue weighted by atomic mass is 10.1. The van der Waals surface area contributed by atoms with Gasteiger partial charge in [-0.15, -0.1) is 0 Å². The van der Waals surface area contributed by atoms with Gasteiger partial charge in [-0.05, 0) is 11.6 Å². The van der Waals surface area contributed by atoms with Crippen LogP contribution in [0, 0.1) is 0 Å². The van der Waals surface area contributed by atoms with Crippen LogP contribution in [0.15, 0.2) is 36.7 Å². The fourth-order valence-corrected chi connectivity index (χ4v) is 1.99. The van der Waals surface area contributed by atoms with Crippen LogP contribution in [-0.4, -0.2) is 21.3 Å². The summed E-state index contributed by atoms with van der Waals surface area (Å²) < 4.78 is 18.0. The van der Waals surface area contributed by atoms with Crippen LogP contribution in [0.25, 0.3) is 12.2 Å². The normalized spacial score (nSPS) is 10.7. The highest BCUT2D eigenvalue weighted by molar-refractivity contribution is 5.74. The second-order valence-electron chi connectivity index (χ2n) is 4.58. The van der Waals surface area contributed by atoms with Crippen LogP contribution in [-0.2, 0) is 7.05 Å². The second-order valence-corrected chi connectivity index (χ2v) is 4.58. The molecule has 2 rings (SSSR count). The Morgan fingerprint density at radius 2 is 1.38 bits per heavy atom. The Labute approximate surface area is 125 Å². The molecule has 110 valence electrons. The molecule has 0 aliphatic heterocycles. The van der Waals surface area contributed by atoms with Crippen molar-refractivity contribution in [3.05, 3.63) is 47.8 Å². The van der Waals surface area contributed by atoms with Gasteiger partial charge in [0.1, 0.15) is 12.8 Å². The van der Waals surface area contributed by atoms with E-state index in [2.05, 4.69) is 0 Å². The van der Waals surface area contributed by atoms with Crippen molar-refractivity contribution >= 4 is 12.2 Å². The lowest BCUT2D eigenvalue weighted by Gasteiger charge is -2.12. The molecule has 0 fully saturated rings. The van der Waals surface area contributed by atoms with Gasteiger partial charge in [0.2, 0.25) is 0 Å². The summed E-state index contributed by atoms with van der Waals surface area (Å²) in [5.41, 5.74) is 2.05. The molecule has 1 aromatic carbocycles. The first-order valence-electron chi connectivity index (χ1n) is 6.61. The van der Waals surface area contributed by atoms with Crippen LogP contribution >= 0.6 is 0 Å².